The van der Waals surface area contributed by atoms with Gasteiger partial charge in [-0.05, 0) is 12.2 Å². The summed E-state index contributed by atoms with van der Waals surface area (Å²) in [5.74, 6) is -1.34. The standard InChI is InChI=1S/C10H8N2O4/c13-7-3-5(9(15)11-7)1-2-6-4-8(14)12-10(6)16/h1-4,11,13,15H,(H,12,14,16). The van der Waals surface area contributed by atoms with E-state index in [2.05, 4.69) is 10.3 Å². The highest BCUT2D eigenvalue weighted by molar-refractivity contribution is 6.18. The van der Waals surface area contributed by atoms with E-state index in [1.165, 1.54) is 18.2 Å². The van der Waals surface area contributed by atoms with Crippen molar-refractivity contribution in [2.45, 2.75) is 0 Å². The molecule has 6 nitrogen and oxygen atoms in total. The molecule has 2 amide bonds. The number of H-pyrrole nitrogens is 1. The maximum absolute atomic E-state index is 11.1. The van der Waals surface area contributed by atoms with Gasteiger partial charge in [0.25, 0.3) is 11.8 Å². The number of hydrogen-bond donors (Lipinski definition) is 4. The number of aromatic hydroxyl groups is 2. The number of nitrogens with one attached hydrogen (secondary N) is 2. The van der Waals surface area contributed by atoms with Crippen LogP contribution >= 0.6 is 0 Å². The van der Waals surface area contributed by atoms with Crippen molar-refractivity contribution >= 4 is 17.9 Å². The second-order valence-corrected chi connectivity index (χ2v) is 3.21. The van der Waals surface area contributed by atoms with Crippen LogP contribution < -0.4 is 5.32 Å². The lowest BCUT2D eigenvalue weighted by atomic mass is 10.2. The fourth-order valence-electron chi connectivity index (χ4n) is 1.30. The van der Waals surface area contributed by atoms with Crippen LogP contribution in [0.15, 0.2) is 23.8 Å². The van der Waals surface area contributed by atoms with Crippen molar-refractivity contribution in [3.05, 3.63) is 29.4 Å². The predicted octanol–water partition coefficient (Wildman–Crippen LogP) is 0.0219. The molecule has 16 heavy (non-hydrogen) atoms. The Morgan fingerprint density at radius 2 is 1.94 bits per heavy atom. The zero-order chi connectivity index (χ0) is 11.7. The average Bonchev–Trinajstić information content (AvgIpc) is 2.66. The topological polar surface area (TPSA) is 102 Å². The van der Waals surface area contributed by atoms with Crippen molar-refractivity contribution in [3.63, 3.8) is 0 Å². The van der Waals surface area contributed by atoms with Gasteiger partial charge in [-0.1, -0.05) is 0 Å². The van der Waals surface area contributed by atoms with E-state index in [-0.39, 0.29) is 17.3 Å². The minimum absolute atomic E-state index is 0.182. The molecule has 4 N–H and O–H groups in total. The molecule has 0 atom stereocenters. The summed E-state index contributed by atoms with van der Waals surface area (Å²) in [5, 5.41) is 20.4. The van der Waals surface area contributed by atoms with Gasteiger partial charge in [0.05, 0.1) is 0 Å². The molecule has 6 heteroatoms. The first-order valence-electron chi connectivity index (χ1n) is 4.42. The number of carbonyl (C=O) groups excluding carboxylic acids is 2. The van der Waals surface area contributed by atoms with Crippen LogP contribution in [0.1, 0.15) is 5.56 Å². The van der Waals surface area contributed by atoms with Gasteiger partial charge >= 0.3 is 0 Å². The first kappa shape index (κ1) is 10.0. The maximum atomic E-state index is 11.1. The van der Waals surface area contributed by atoms with Gasteiger partial charge in [-0.2, -0.15) is 0 Å². The highest BCUT2D eigenvalue weighted by atomic mass is 16.3. The SMILES string of the molecule is O=C1C=C(C=Cc2cc(O)[nH]c2O)C(=O)N1. The molecule has 1 aromatic rings. The number of hydrogen-bond acceptors (Lipinski definition) is 4. The Morgan fingerprint density at radius 3 is 2.44 bits per heavy atom. The molecular formula is C10H8N2O4. The van der Waals surface area contributed by atoms with Crippen LogP contribution in [0.25, 0.3) is 6.08 Å². The molecule has 0 saturated carbocycles. The second-order valence-electron chi connectivity index (χ2n) is 3.21. The van der Waals surface area contributed by atoms with E-state index in [4.69, 9.17) is 5.11 Å². The van der Waals surface area contributed by atoms with Crippen LogP contribution in [-0.2, 0) is 9.59 Å². The second kappa shape index (κ2) is 3.58. The summed E-state index contributed by atoms with van der Waals surface area (Å²) in [6.07, 6.45) is 3.94. The Kier molecular flexibility index (Phi) is 2.24. The summed E-state index contributed by atoms with van der Waals surface area (Å²) < 4.78 is 0. The van der Waals surface area contributed by atoms with Crippen molar-refractivity contribution in [2.75, 3.05) is 0 Å². The molecule has 0 bridgehead atoms. The Hall–Kier alpha value is -2.50. The van der Waals surface area contributed by atoms with Crippen molar-refractivity contribution in [2.24, 2.45) is 0 Å². The molecule has 0 unspecified atom stereocenters. The first-order valence-corrected chi connectivity index (χ1v) is 4.42. The number of aromatic amines is 1. The maximum Gasteiger partial charge on any atom is 0.258 e. The zero-order valence-corrected chi connectivity index (χ0v) is 8.02. The lowest BCUT2D eigenvalue weighted by molar-refractivity contribution is -0.123. The molecule has 0 saturated heterocycles. The lowest BCUT2D eigenvalue weighted by Gasteiger charge is -1.90. The van der Waals surface area contributed by atoms with Crippen molar-refractivity contribution in [1.82, 2.24) is 10.3 Å². The minimum Gasteiger partial charge on any atom is -0.494 e. The van der Waals surface area contributed by atoms with E-state index in [1.54, 1.807) is 0 Å². The average molecular weight is 220 g/mol. The van der Waals surface area contributed by atoms with Gasteiger partial charge in [0, 0.05) is 23.3 Å². The van der Waals surface area contributed by atoms with E-state index in [1.807, 2.05) is 0 Å². The molecule has 0 aliphatic carbocycles. The lowest BCUT2D eigenvalue weighted by Crippen LogP contribution is -2.21. The van der Waals surface area contributed by atoms with E-state index in [0.717, 1.165) is 6.08 Å². The molecule has 82 valence electrons. The van der Waals surface area contributed by atoms with Crippen molar-refractivity contribution < 1.29 is 19.8 Å². The summed E-state index contributed by atoms with van der Waals surface area (Å²) in [5.41, 5.74) is 0.524. The molecule has 0 aromatic carbocycles. The molecule has 0 fully saturated rings. The molecule has 1 aromatic heterocycles. The van der Waals surface area contributed by atoms with Crippen LogP contribution in [0.2, 0.25) is 0 Å². The van der Waals surface area contributed by atoms with Gasteiger partial charge in [0.1, 0.15) is 0 Å². The van der Waals surface area contributed by atoms with E-state index in [0.29, 0.717) is 5.56 Å². The summed E-state index contributed by atoms with van der Waals surface area (Å²) >= 11 is 0. The Morgan fingerprint density at radius 1 is 1.19 bits per heavy atom. The van der Waals surface area contributed by atoms with E-state index >= 15 is 0 Å². The van der Waals surface area contributed by atoms with E-state index < -0.39 is 11.8 Å². The van der Waals surface area contributed by atoms with Crippen LogP contribution in [0.4, 0.5) is 0 Å². The van der Waals surface area contributed by atoms with Crippen molar-refractivity contribution in [1.29, 1.82) is 0 Å². The van der Waals surface area contributed by atoms with Gasteiger partial charge in [0.15, 0.2) is 11.8 Å². The number of imide groups is 1. The highest BCUT2D eigenvalue weighted by Gasteiger charge is 2.18. The third-order valence-electron chi connectivity index (χ3n) is 2.04. The summed E-state index contributed by atoms with van der Waals surface area (Å²) in [6, 6.07) is 1.29. The summed E-state index contributed by atoms with van der Waals surface area (Å²) in [7, 11) is 0. The number of amides is 2. The van der Waals surface area contributed by atoms with Crippen LogP contribution in [0, 0.1) is 0 Å². The van der Waals surface area contributed by atoms with Gasteiger partial charge in [-0.3, -0.25) is 19.9 Å². The quantitative estimate of drug-likeness (QED) is 0.527. The highest BCUT2D eigenvalue weighted by Crippen LogP contribution is 2.23. The van der Waals surface area contributed by atoms with Crippen LogP contribution in [-0.4, -0.2) is 27.0 Å². The molecule has 1 aliphatic rings. The molecule has 2 heterocycles. The summed E-state index contributed by atoms with van der Waals surface area (Å²) in [6.45, 7) is 0. The first-order chi connectivity index (χ1) is 7.56. The third-order valence-corrected chi connectivity index (χ3v) is 2.04. The number of aromatic nitrogens is 1. The normalized spacial score (nSPS) is 15.6. The summed E-state index contributed by atoms with van der Waals surface area (Å²) in [4.78, 5) is 24.2. The predicted molar refractivity (Wildman–Crippen MR) is 54.4 cm³/mol. The molecule has 1 aliphatic heterocycles. The molecular weight excluding hydrogens is 212 g/mol. The molecule has 2 rings (SSSR count). The van der Waals surface area contributed by atoms with Gasteiger partial charge in [-0.25, -0.2) is 0 Å². The van der Waals surface area contributed by atoms with Crippen molar-refractivity contribution in [3.8, 4) is 11.8 Å². The number of rotatable bonds is 2. The Balaban J connectivity index is 2.22. The van der Waals surface area contributed by atoms with E-state index in [9.17, 15) is 14.7 Å². The van der Waals surface area contributed by atoms with Gasteiger partial charge in [0.2, 0.25) is 0 Å². The van der Waals surface area contributed by atoms with Crippen LogP contribution in [0.3, 0.4) is 0 Å². The number of carbonyl (C=O) groups is 2. The Bertz CT molecular complexity index is 525. The fourth-order valence-corrected chi connectivity index (χ4v) is 1.30. The third kappa shape index (κ3) is 1.81. The molecule has 0 spiro atoms. The van der Waals surface area contributed by atoms with Gasteiger partial charge in [-0.15, -0.1) is 0 Å². The largest absolute Gasteiger partial charge is 0.494 e. The smallest absolute Gasteiger partial charge is 0.258 e. The van der Waals surface area contributed by atoms with Gasteiger partial charge < -0.3 is 10.2 Å². The minimum atomic E-state index is -0.486. The zero-order valence-electron chi connectivity index (χ0n) is 8.02. The monoisotopic (exact) mass is 220 g/mol. The van der Waals surface area contributed by atoms with Crippen LogP contribution in [0.5, 0.6) is 11.8 Å². The Labute approximate surface area is 89.9 Å². The molecule has 0 radical (unpaired) electrons. The fraction of sp³-hybridized carbons (Fsp3) is 0.